The minimum Gasteiger partial charge on any atom is -0.457 e. The molecule has 0 radical (unpaired) electrons. The zero-order valence-electron chi connectivity index (χ0n) is 14.0. The van der Waals surface area contributed by atoms with Crippen LogP contribution in [0.1, 0.15) is 15.9 Å². The molecule has 0 saturated heterocycles. The van der Waals surface area contributed by atoms with Gasteiger partial charge in [-0.15, -0.1) is 0 Å². The molecular formula is C16H14ClF3N2O4S. The van der Waals surface area contributed by atoms with Crippen molar-refractivity contribution in [2.45, 2.75) is 6.18 Å². The molecule has 0 unspecified atom stereocenters. The van der Waals surface area contributed by atoms with Crippen LogP contribution in [0.15, 0.2) is 42.5 Å². The minimum absolute atomic E-state index is 0.0276. The summed E-state index contributed by atoms with van der Waals surface area (Å²) in [4.78, 5) is 11.9. The molecule has 0 aliphatic rings. The summed E-state index contributed by atoms with van der Waals surface area (Å²) in [6, 6.07) is 8.27. The predicted molar refractivity (Wildman–Crippen MR) is 93.0 cm³/mol. The van der Waals surface area contributed by atoms with E-state index in [2.05, 4.69) is 0 Å². The zero-order chi connectivity index (χ0) is 20.4. The molecular weight excluding hydrogens is 409 g/mol. The molecule has 0 spiro atoms. The molecule has 2 aromatic carbocycles. The van der Waals surface area contributed by atoms with Crippen LogP contribution in [0.2, 0.25) is 5.02 Å². The maximum Gasteiger partial charge on any atom is 0.417 e. The number of alkyl halides is 3. The largest absolute Gasteiger partial charge is 0.457 e. The molecule has 0 bridgehead atoms. The highest BCUT2D eigenvalue weighted by Gasteiger charge is 2.33. The Morgan fingerprint density at radius 3 is 2.15 bits per heavy atom. The third-order valence-electron chi connectivity index (χ3n) is 3.30. The monoisotopic (exact) mass is 422 g/mol. The fourth-order valence-corrected chi connectivity index (χ4v) is 2.62. The number of carbonyl (C=O) groups excluding carboxylic acids is 1. The second-order valence-electron chi connectivity index (χ2n) is 5.48. The van der Waals surface area contributed by atoms with Crippen LogP contribution in [0.25, 0.3) is 0 Å². The summed E-state index contributed by atoms with van der Waals surface area (Å²) in [5.74, 6) is -0.808. The maximum atomic E-state index is 12.9. The number of halogens is 4. The van der Waals surface area contributed by atoms with Crippen LogP contribution in [-0.4, -0.2) is 32.7 Å². The maximum absolute atomic E-state index is 12.9. The molecule has 0 heterocycles. The number of hydrogen-bond donors (Lipinski definition) is 1. The van der Waals surface area contributed by atoms with Gasteiger partial charge in [0, 0.05) is 19.7 Å². The van der Waals surface area contributed by atoms with E-state index in [1.54, 1.807) is 0 Å². The normalized spacial score (nSPS) is 12.1. The first-order valence-electron chi connectivity index (χ1n) is 7.29. The van der Waals surface area contributed by atoms with Gasteiger partial charge in [-0.2, -0.15) is 25.9 Å². The summed E-state index contributed by atoms with van der Waals surface area (Å²) >= 11 is 5.54. The average molecular weight is 423 g/mol. The number of benzene rings is 2. The number of rotatable bonds is 5. The van der Waals surface area contributed by atoms with Crippen molar-refractivity contribution in [2.24, 2.45) is 0 Å². The van der Waals surface area contributed by atoms with E-state index in [0.717, 1.165) is 16.4 Å². The summed E-state index contributed by atoms with van der Waals surface area (Å²) in [5.41, 5.74) is -1.01. The van der Waals surface area contributed by atoms with Crippen molar-refractivity contribution < 1.29 is 31.1 Å². The molecule has 2 aromatic rings. The van der Waals surface area contributed by atoms with Crippen molar-refractivity contribution >= 4 is 27.7 Å². The molecule has 6 nitrogen and oxygen atoms in total. The summed E-state index contributed by atoms with van der Waals surface area (Å²) in [6.07, 6.45) is -4.63. The Morgan fingerprint density at radius 1 is 1.07 bits per heavy atom. The van der Waals surface area contributed by atoms with Crippen LogP contribution < -0.4 is 9.46 Å². The Balaban J connectivity index is 2.16. The van der Waals surface area contributed by atoms with E-state index in [1.165, 1.54) is 44.4 Å². The first-order valence-corrected chi connectivity index (χ1v) is 9.11. The third-order valence-corrected chi connectivity index (χ3v) is 5.03. The van der Waals surface area contributed by atoms with Gasteiger partial charge in [-0.1, -0.05) is 11.6 Å². The van der Waals surface area contributed by atoms with Crippen LogP contribution in [0.3, 0.4) is 0 Å². The lowest BCUT2D eigenvalue weighted by Gasteiger charge is -2.13. The SMILES string of the molecule is CN(C)S(=O)(=O)NC(=O)c1ccc(Oc2ccc(Cl)c(C(F)(F)F)c2)cc1. The Hall–Kier alpha value is -2.30. The Kier molecular flexibility index (Phi) is 6.03. The second kappa shape index (κ2) is 7.75. The molecule has 2 rings (SSSR count). The molecule has 1 amide bonds. The molecule has 11 heteroatoms. The standard InChI is InChI=1S/C16H14ClF3N2O4S/c1-22(2)27(24,25)21-15(23)10-3-5-11(6-4-10)26-12-7-8-14(17)13(9-12)16(18,19)20/h3-9H,1-2H3,(H,21,23). The van der Waals surface area contributed by atoms with Gasteiger partial charge in [0.2, 0.25) is 0 Å². The molecule has 0 fully saturated rings. The van der Waals surface area contributed by atoms with Crippen LogP contribution in [0.5, 0.6) is 11.5 Å². The van der Waals surface area contributed by atoms with Gasteiger partial charge in [-0.25, -0.2) is 4.72 Å². The average Bonchev–Trinajstić information content (AvgIpc) is 2.55. The second-order valence-corrected chi connectivity index (χ2v) is 7.78. The van der Waals surface area contributed by atoms with E-state index >= 15 is 0 Å². The third kappa shape index (κ3) is 5.34. The van der Waals surface area contributed by atoms with Crippen molar-refractivity contribution in [1.82, 2.24) is 9.03 Å². The number of amides is 1. The number of nitrogens with zero attached hydrogens (tertiary/aromatic N) is 1. The lowest BCUT2D eigenvalue weighted by molar-refractivity contribution is -0.137. The molecule has 0 aliphatic carbocycles. The summed E-state index contributed by atoms with van der Waals surface area (Å²) in [6.45, 7) is 0. The van der Waals surface area contributed by atoms with Gasteiger partial charge in [0.1, 0.15) is 11.5 Å². The van der Waals surface area contributed by atoms with Crippen molar-refractivity contribution in [3.05, 3.63) is 58.6 Å². The zero-order valence-corrected chi connectivity index (χ0v) is 15.6. The highest BCUT2D eigenvalue weighted by molar-refractivity contribution is 7.87. The van der Waals surface area contributed by atoms with Crippen molar-refractivity contribution in [1.29, 1.82) is 0 Å². The van der Waals surface area contributed by atoms with Gasteiger partial charge in [0.25, 0.3) is 5.91 Å². The van der Waals surface area contributed by atoms with E-state index < -0.39 is 32.9 Å². The van der Waals surface area contributed by atoms with Crippen LogP contribution >= 0.6 is 11.6 Å². The van der Waals surface area contributed by atoms with Gasteiger partial charge in [-0.3, -0.25) is 4.79 Å². The molecule has 0 aromatic heterocycles. The van der Waals surface area contributed by atoms with Crippen LogP contribution in [-0.2, 0) is 16.4 Å². The molecule has 0 aliphatic heterocycles. The lowest BCUT2D eigenvalue weighted by atomic mass is 10.2. The Bertz CT molecular complexity index is 945. The van der Waals surface area contributed by atoms with Crippen LogP contribution in [0.4, 0.5) is 13.2 Å². The van der Waals surface area contributed by atoms with Crippen molar-refractivity contribution in [3.8, 4) is 11.5 Å². The molecule has 27 heavy (non-hydrogen) atoms. The van der Waals surface area contributed by atoms with Crippen molar-refractivity contribution in [3.63, 3.8) is 0 Å². The predicted octanol–water partition coefficient (Wildman–Crippen LogP) is 3.69. The summed E-state index contributed by atoms with van der Waals surface area (Å²) in [5, 5.41) is -0.455. The first-order chi connectivity index (χ1) is 12.4. The first kappa shape index (κ1) is 21.0. The van der Waals surface area contributed by atoms with E-state index in [9.17, 15) is 26.4 Å². The fraction of sp³-hybridized carbons (Fsp3) is 0.188. The van der Waals surface area contributed by atoms with E-state index in [0.29, 0.717) is 0 Å². The van der Waals surface area contributed by atoms with Crippen molar-refractivity contribution in [2.75, 3.05) is 14.1 Å². The summed E-state index contributed by atoms with van der Waals surface area (Å²) < 4.78 is 69.9. The molecule has 0 atom stereocenters. The minimum atomic E-state index is -4.63. The topological polar surface area (TPSA) is 75.7 Å². The van der Waals surface area contributed by atoms with Gasteiger partial charge in [0.15, 0.2) is 0 Å². The number of ether oxygens (including phenoxy) is 1. The quantitative estimate of drug-likeness (QED) is 0.797. The van der Waals surface area contributed by atoms with Gasteiger partial charge in [0.05, 0.1) is 10.6 Å². The van der Waals surface area contributed by atoms with E-state index in [-0.39, 0.29) is 17.1 Å². The highest BCUT2D eigenvalue weighted by Crippen LogP contribution is 2.37. The van der Waals surface area contributed by atoms with Crippen LogP contribution in [0, 0.1) is 0 Å². The Labute approximate surface area is 158 Å². The Morgan fingerprint density at radius 2 is 1.63 bits per heavy atom. The molecule has 146 valence electrons. The smallest absolute Gasteiger partial charge is 0.417 e. The molecule has 0 saturated carbocycles. The summed E-state index contributed by atoms with van der Waals surface area (Å²) in [7, 11) is -1.43. The number of nitrogens with one attached hydrogen (secondary N) is 1. The fourth-order valence-electron chi connectivity index (χ4n) is 1.86. The van der Waals surface area contributed by atoms with Gasteiger partial charge >= 0.3 is 16.4 Å². The van der Waals surface area contributed by atoms with Gasteiger partial charge < -0.3 is 4.74 Å². The van der Waals surface area contributed by atoms with E-state index in [4.69, 9.17) is 16.3 Å². The highest BCUT2D eigenvalue weighted by atomic mass is 35.5. The van der Waals surface area contributed by atoms with E-state index in [1.807, 2.05) is 4.72 Å². The molecule has 1 N–H and O–H groups in total. The number of carbonyl (C=O) groups is 1. The van der Waals surface area contributed by atoms with Gasteiger partial charge in [-0.05, 0) is 42.5 Å². The lowest BCUT2D eigenvalue weighted by Crippen LogP contribution is -2.39. The number of hydrogen-bond acceptors (Lipinski definition) is 4.